The van der Waals surface area contributed by atoms with Crippen LogP contribution in [0.15, 0.2) is 16.3 Å². The molecule has 0 fully saturated rings. The molecule has 0 radical (unpaired) electrons. The number of rotatable bonds is 2. The van der Waals surface area contributed by atoms with Gasteiger partial charge in [-0.3, -0.25) is 0 Å². The van der Waals surface area contributed by atoms with E-state index in [0.717, 1.165) is 5.01 Å². The van der Waals surface area contributed by atoms with Gasteiger partial charge in [-0.25, -0.2) is 0 Å². The molecule has 0 aromatic carbocycles. The maximum Gasteiger partial charge on any atom is 0.218 e. The van der Waals surface area contributed by atoms with Crippen LogP contribution < -0.4 is 0 Å². The maximum atomic E-state index is 4.87. The van der Waals surface area contributed by atoms with Gasteiger partial charge in [0.25, 0.3) is 0 Å². The first-order valence-electron chi connectivity index (χ1n) is 5.13. The van der Waals surface area contributed by atoms with Gasteiger partial charge in [0.05, 0.1) is 0 Å². The van der Waals surface area contributed by atoms with Gasteiger partial charge in [-0.1, -0.05) is 27.7 Å². The summed E-state index contributed by atoms with van der Waals surface area (Å²) in [5.74, 6) is 1.57. The molecule has 0 saturated carbocycles. The van der Waals surface area contributed by atoms with E-state index in [4.69, 9.17) is 4.42 Å². The molecule has 0 N–H and O–H groups in total. The van der Waals surface area contributed by atoms with Gasteiger partial charge in [0.15, 0.2) is 0 Å². The van der Waals surface area contributed by atoms with Crippen LogP contribution in [0.2, 0.25) is 0 Å². The van der Waals surface area contributed by atoms with Crippen LogP contribution in [0.3, 0.4) is 0 Å². The van der Waals surface area contributed by atoms with E-state index >= 15 is 0 Å². The first-order valence-corrected chi connectivity index (χ1v) is 6.01. The summed E-state index contributed by atoms with van der Waals surface area (Å²) in [6.45, 7) is 8.24. The van der Waals surface area contributed by atoms with Crippen molar-refractivity contribution in [1.29, 1.82) is 0 Å². The molecule has 0 amide bonds. The highest BCUT2D eigenvalue weighted by molar-refractivity contribution is 7.09. The molecule has 2 rings (SSSR count). The number of nitrogens with zero attached hydrogens (tertiary/aromatic N) is 4. The van der Waals surface area contributed by atoms with Gasteiger partial charge >= 0.3 is 0 Å². The average molecular weight is 240 g/mol. The van der Waals surface area contributed by atoms with E-state index < -0.39 is 0 Å². The van der Waals surface area contributed by atoms with Crippen LogP contribution >= 0.6 is 11.3 Å². The Kier molecular flexibility index (Phi) is 5.04. The minimum absolute atomic E-state index is 0.345. The van der Waals surface area contributed by atoms with Gasteiger partial charge in [0.2, 0.25) is 12.3 Å². The molecular formula is C10H16N4OS. The fraction of sp³-hybridized carbons (Fsp3) is 0.600. The standard InChI is InChI=1S/C5H8N2O.C5H8N2S/c2*1-4(2)5-7-6-3-8-5/h2*3-4H,1-2H3. The highest BCUT2D eigenvalue weighted by Crippen LogP contribution is 2.13. The molecule has 0 aliphatic heterocycles. The van der Waals surface area contributed by atoms with Gasteiger partial charge in [0, 0.05) is 11.8 Å². The summed E-state index contributed by atoms with van der Waals surface area (Å²) in [7, 11) is 0. The Balaban J connectivity index is 0.000000160. The summed E-state index contributed by atoms with van der Waals surface area (Å²) in [6, 6.07) is 0. The fourth-order valence-corrected chi connectivity index (χ4v) is 1.44. The number of hydrogen-bond acceptors (Lipinski definition) is 6. The minimum atomic E-state index is 0.345. The van der Waals surface area contributed by atoms with E-state index in [1.165, 1.54) is 6.39 Å². The molecule has 0 unspecified atom stereocenters. The Morgan fingerprint density at radius 3 is 2.06 bits per heavy atom. The van der Waals surface area contributed by atoms with Crippen LogP contribution in [-0.2, 0) is 0 Å². The molecular weight excluding hydrogens is 224 g/mol. The molecule has 0 spiro atoms. The average Bonchev–Trinajstić information content (AvgIpc) is 2.93. The third-order valence-electron chi connectivity index (χ3n) is 1.74. The molecule has 0 aliphatic rings. The molecule has 2 aromatic rings. The Hall–Kier alpha value is -1.30. The lowest BCUT2D eigenvalue weighted by Gasteiger charge is -1.92. The topological polar surface area (TPSA) is 64.7 Å². The van der Waals surface area contributed by atoms with Gasteiger partial charge in [-0.05, 0) is 0 Å². The minimum Gasteiger partial charge on any atom is -0.428 e. The summed E-state index contributed by atoms with van der Waals surface area (Å²) in [6.07, 6.45) is 1.34. The van der Waals surface area contributed by atoms with Crippen LogP contribution in [0, 0.1) is 0 Å². The zero-order valence-electron chi connectivity index (χ0n) is 9.91. The maximum absolute atomic E-state index is 4.87. The summed E-state index contributed by atoms with van der Waals surface area (Å²) in [4.78, 5) is 0. The quantitative estimate of drug-likeness (QED) is 0.807. The molecule has 0 bridgehead atoms. The van der Waals surface area contributed by atoms with Crippen LogP contribution in [0.25, 0.3) is 0 Å². The lowest BCUT2D eigenvalue weighted by molar-refractivity contribution is 0.470. The summed E-state index contributed by atoms with van der Waals surface area (Å²) in [5.41, 5.74) is 1.76. The van der Waals surface area contributed by atoms with Crippen LogP contribution in [-0.4, -0.2) is 20.4 Å². The van der Waals surface area contributed by atoms with Crippen molar-refractivity contribution in [3.05, 3.63) is 22.8 Å². The monoisotopic (exact) mass is 240 g/mol. The molecule has 5 nitrogen and oxygen atoms in total. The molecule has 0 aliphatic carbocycles. The van der Waals surface area contributed by atoms with Gasteiger partial charge < -0.3 is 4.42 Å². The smallest absolute Gasteiger partial charge is 0.218 e. The summed E-state index contributed by atoms with van der Waals surface area (Å²) in [5, 5.41) is 15.9. The lowest BCUT2D eigenvalue weighted by Crippen LogP contribution is -1.85. The summed E-state index contributed by atoms with van der Waals surface area (Å²) < 4.78 is 4.87. The molecule has 2 aromatic heterocycles. The molecule has 2 heterocycles. The first-order chi connectivity index (χ1) is 7.61. The molecule has 88 valence electrons. The molecule has 0 saturated heterocycles. The fourth-order valence-electron chi connectivity index (χ4n) is 0.866. The Morgan fingerprint density at radius 2 is 1.81 bits per heavy atom. The SMILES string of the molecule is CC(C)c1nnco1.CC(C)c1nncs1. The van der Waals surface area contributed by atoms with Crippen molar-refractivity contribution >= 4 is 11.3 Å². The number of hydrogen-bond donors (Lipinski definition) is 0. The lowest BCUT2D eigenvalue weighted by atomic mass is 10.2. The second-order valence-corrected chi connectivity index (χ2v) is 4.73. The van der Waals surface area contributed by atoms with Crippen molar-refractivity contribution in [2.75, 3.05) is 0 Å². The van der Waals surface area contributed by atoms with Gasteiger partial charge in [-0.15, -0.1) is 31.7 Å². The number of aromatic nitrogens is 4. The third-order valence-corrected chi connectivity index (χ3v) is 2.74. The zero-order chi connectivity index (χ0) is 12.0. The van der Waals surface area contributed by atoms with Crippen molar-refractivity contribution in [2.45, 2.75) is 39.5 Å². The van der Waals surface area contributed by atoms with E-state index in [-0.39, 0.29) is 0 Å². The predicted molar refractivity (Wildman–Crippen MR) is 62.4 cm³/mol. The third kappa shape index (κ3) is 4.06. The summed E-state index contributed by atoms with van der Waals surface area (Å²) >= 11 is 1.61. The molecule has 6 heteroatoms. The van der Waals surface area contributed by atoms with Crippen LogP contribution in [0.5, 0.6) is 0 Å². The van der Waals surface area contributed by atoms with Crippen molar-refractivity contribution in [3.8, 4) is 0 Å². The molecule has 16 heavy (non-hydrogen) atoms. The highest BCUT2D eigenvalue weighted by atomic mass is 32.1. The first kappa shape index (κ1) is 12.8. The molecule has 0 atom stereocenters. The second-order valence-electron chi connectivity index (χ2n) is 3.86. The van der Waals surface area contributed by atoms with E-state index in [2.05, 4.69) is 34.2 Å². The Bertz CT molecular complexity index is 331. The largest absolute Gasteiger partial charge is 0.428 e. The van der Waals surface area contributed by atoms with Crippen molar-refractivity contribution in [2.24, 2.45) is 0 Å². The van der Waals surface area contributed by atoms with Crippen molar-refractivity contribution < 1.29 is 4.42 Å². The van der Waals surface area contributed by atoms with E-state index in [0.29, 0.717) is 17.7 Å². The Labute approximate surface area is 98.9 Å². The zero-order valence-corrected chi connectivity index (χ0v) is 10.7. The van der Waals surface area contributed by atoms with Gasteiger partial charge in [0.1, 0.15) is 10.5 Å². The van der Waals surface area contributed by atoms with Crippen molar-refractivity contribution in [1.82, 2.24) is 20.4 Å². The van der Waals surface area contributed by atoms with E-state index in [9.17, 15) is 0 Å². The predicted octanol–water partition coefficient (Wildman–Crippen LogP) is 2.85. The van der Waals surface area contributed by atoms with Crippen molar-refractivity contribution in [3.63, 3.8) is 0 Å². The second kappa shape index (κ2) is 6.32. The van der Waals surface area contributed by atoms with Gasteiger partial charge in [-0.2, -0.15) is 0 Å². The highest BCUT2D eigenvalue weighted by Gasteiger charge is 2.01. The Morgan fingerprint density at radius 1 is 1.06 bits per heavy atom. The van der Waals surface area contributed by atoms with E-state index in [1.54, 1.807) is 16.8 Å². The van der Waals surface area contributed by atoms with E-state index in [1.807, 2.05) is 13.8 Å². The normalized spacial score (nSPS) is 10.4. The van der Waals surface area contributed by atoms with Crippen LogP contribution in [0.1, 0.15) is 50.4 Å². The van der Waals surface area contributed by atoms with Crippen LogP contribution in [0.4, 0.5) is 0 Å².